The quantitative estimate of drug-likeness (QED) is 0.689. The van der Waals surface area contributed by atoms with Gasteiger partial charge in [-0.25, -0.2) is 14.6 Å². The molecule has 0 atom stereocenters. The van der Waals surface area contributed by atoms with Crippen LogP contribution in [0.2, 0.25) is 0 Å². The van der Waals surface area contributed by atoms with E-state index in [9.17, 15) is 13.2 Å². The standard InChI is InChI=1S/C10H8BrF3N4.2C2H6/c1-5-3-8(10(12,13)14)17-18(5)9-7(11)4-15-6(2)16-9;2*1-2/h3-4H,1-2H3;2*1-2H3. The minimum Gasteiger partial charge on any atom is -0.240 e. The van der Waals surface area contributed by atoms with E-state index in [2.05, 4.69) is 31.0 Å². The molecule has 0 N–H and O–H groups in total. The zero-order valence-electron chi connectivity index (χ0n) is 13.5. The first-order valence-electron chi connectivity index (χ1n) is 6.92. The number of nitrogens with zero attached hydrogens (tertiary/aromatic N) is 4. The summed E-state index contributed by atoms with van der Waals surface area (Å²) in [6.45, 7) is 11.2. The minimum absolute atomic E-state index is 0.288. The van der Waals surface area contributed by atoms with Gasteiger partial charge in [-0.1, -0.05) is 27.7 Å². The Labute approximate surface area is 136 Å². The number of hydrogen-bond donors (Lipinski definition) is 0. The van der Waals surface area contributed by atoms with Crippen molar-refractivity contribution in [3.05, 3.63) is 33.9 Å². The number of rotatable bonds is 1. The van der Waals surface area contributed by atoms with Crippen molar-refractivity contribution in [2.75, 3.05) is 0 Å². The van der Waals surface area contributed by atoms with Crippen LogP contribution >= 0.6 is 15.9 Å². The SMILES string of the molecule is CC.CC.Cc1ncc(Br)c(-n2nc(C(F)(F)F)cc2C)n1. The second kappa shape index (κ2) is 8.87. The Morgan fingerprint density at radius 1 is 1.09 bits per heavy atom. The van der Waals surface area contributed by atoms with Gasteiger partial charge in [-0.3, -0.25) is 0 Å². The molecule has 0 bridgehead atoms. The lowest BCUT2D eigenvalue weighted by molar-refractivity contribution is -0.141. The molecule has 0 amide bonds. The molecule has 0 aliphatic rings. The third-order valence-electron chi connectivity index (χ3n) is 2.22. The lowest BCUT2D eigenvalue weighted by Gasteiger charge is -2.06. The normalized spacial score (nSPS) is 10.3. The number of aromatic nitrogens is 4. The summed E-state index contributed by atoms with van der Waals surface area (Å²) in [6.07, 6.45) is -2.99. The zero-order valence-corrected chi connectivity index (χ0v) is 15.0. The van der Waals surface area contributed by atoms with Gasteiger partial charge in [0.1, 0.15) is 5.82 Å². The fourth-order valence-corrected chi connectivity index (χ4v) is 1.78. The second-order valence-electron chi connectivity index (χ2n) is 3.67. The van der Waals surface area contributed by atoms with E-state index in [4.69, 9.17) is 0 Å². The molecule has 2 aromatic rings. The van der Waals surface area contributed by atoms with Crippen molar-refractivity contribution in [2.45, 2.75) is 47.7 Å². The summed E-state index contributed by atoms with van der Waals surface area (Å²) in [5.41, 5.74) is -0.593. The fraction of sp³-hybridized carbons (Fsp3) is 0.500. The first-order chi connectivity index (χ1) is 10.3. The van der Waals surface area contributed by atoms with E-state index < -0.39 is 11.9 Å². The van der Waals surface area contributed by atoms with Crippen molar-refractivity contribution in [3.8, 4) is 5.82 Å². The molecule has 0 radical (unpaired) electrons. The Kier molecular flexibility index (Phi) is 8.29. The van der Waals surface area contributed by atoms with Crippen LogP contribution in [0.4, 0.5) is 13.2 Å². The lowest BCUT2D eigenvalue weighted by atomic mass is 10.3. The Morgan fingerprint density at radius 3 is 2.09 bits per heavy atom. The molecule has 0 fully saturated rings. The smallest absolute Gasteiger partial charge is 0.240 e. The molecule has 0 unspecified atom stereocenters. The van der Waals surface area contributed by atoms with Gasteiger partial charge < -0.3 is 0 Å². The summed E-state index contributed by atoms with van der Waals surface area (Å²) in [5, 5.41) is 3.52. The number of alkyl halides is 3. The molecular formula is C14H20BrF3N4. The monoisotopic (exact) mass is 380 g/mol. The van der Waals surface area contributed by atoms with Crippen LogP contribution in [0, 0.1) is 13.8 Å². The number of hydrogen-bond acceptors (Lipinski definition) is 3. The summed E-state index contributed by atoms with van der Waals surface area (Å²) < 4.78 is 39.3. The third-order valence-corrected chi connectivity index (χ3v) is 2.78. The Bertz CT molecular complexity index is 594. The van der Waals surface area contributed by atoms with Crippen LogP contribution in [0.1, 0.15) is 44.9 Å². The van der Waals surface area contributed by atoms with Crippen molar-refractivity contribution in [1.82, 2.24) is 19.7 Å². The van der Waals surface area contributed by atoms with Crippen molar-refractivity contribution in [3.63, 3.8) is 0 Å². The third kappa shape index (κ3) is 5.08. The average molecular weight is 381 g/mol. The zero-order chi connectivity index (χ0) is 17.5. The molecule has 22 heavy (non-hydrogen) atoms. The highest BCUT2D eigenvalue weighted by molar-refractivity contribution is 9.10. The van der Waals surface area contributed by atoms with Crippen LogP contribution in [-0.4, -0.2) is 19.7 Å². The van der Waals surface area contributed by atoms with Crippen LogP contribution in [-0.2, 0) is 6.18 Å². The van der Waals surface area contributed by atoms with Crippen LogP contribution in [0.25, 0.3) is 5.82 Å². The molecule has 0 saturated carbocycles. The summed E-state index contributed by atoms with van der Waals surface area (Å²) in [6, 6.07) is 0.976. The van der Waals surface area contributed by atoms with Gasteiger partial charge in [0.25, 0.3) is 0 Å². The minimum atomic E-state index is -4.47. The predicted octanol–water partition coefficient (Wildman–Crippen LogP) is 5.11. The van der Waals surface area contributed by atoms with Crippen LogP contribution < -0.4 is 0 Å². The van der Waals surface area contributed by atoms with E-state index in [1.807, 2.05) is 27.7 Å². The van der Waals surface area contributed by atoms with Gasteiger partial charge in [0.2, 0.25) is 0 Å². The molecule has 0 aliphatic heterocycles. The molecule has 2 rings (SSSR count). The van der Waals surface area contributed by atoms with Crippen molar-refractivity contribution < 1.29 is 13.2 Å². The molecule has 0 spiro atoms. The first-order valence-corrected chi connectivity index (χ1v) is 7.71. The molecule has 0 aliphatic carbocycles. The van der Waals surface area contributed by atoms with E-state index in [-0.39, 0.29) is 5.82 Å². The summed E-state index contributed by atoms with van der Waals surface area (Å²) in [4.78, 5) is 8.00. The number of halogens is 4. The Morgan fingerprint density at radius 2 is 1.64 bits per heavy atom. The highest BCUT2D eigenvalue weighted by Gasteiger charge is 2.34. The number of aryl methyl sites for hydroxylation is 2. The van der Waals surface area contributed by atoms with E-state index in [0.717, 1.165) is 10.7 Å². The molecule has 124 valence electrons. The molecule has 0 aromatic carbocycles. The topological polar surface area (TPSA) is 43.6 Å². The van der Waals surface area contributed by atoms with Gasteiger partial charge in [0.05, 0.1) is 4.47 Å². The summed E-state index contributed by atoms with van der Waals surface area (Å²) in [7, 11) is 0. The fourth-order valence-electron chi connectivity index (χ4n) is 1.42. The van der Waals surface area contributed by atoms with Gasteiger partial charge in [-0.05, 0) is 35.8 Å². The van der Waals surface area contributed by atoms with Crippen LogP contribution in [0.15, 0.2) is 16.7 Å². The van der Waals surface area contributed by atoms with Crippen molar-refractivity contribution in [1.29, 1.82) is 0 Å². The van der Waals surface area contributed by atoms with E-state index >= 15 is 0 Å². The summed E-state index contributed by atoms with van der Waals surface area (Å²) >= 11 is 3.19. The van der Waals surface area contributed by atoms with Gasteiger partial charge >= 0.3 is 6.18 Å². The van der Waals surface area contributed by atoms with Crippen LogP contribution in [0.3, 0.4) is 0 Å². The highest BCUT2D eigenvalue weighted by Crippen LogP contribution is 2.30. The lowest BCUT2D eigenvalue weighted by Crippen LogP contribution is -2.09. The Balaban J connectivity index is 0.00000102. The molecule has 8 heteroatoms. The Hall–Kier alpha value is -1.44. The first kappa shape index (κ1) is 20.6. The maximum absolute atomic E-state index is 12.6. The summed E-state index contributed by atoms with van der Waals surface area (Å²) in [5.74, 6) is 0.743. The van der Waals surface area contributed by atoms with E-state index in [0.29, 0.717) is 16.0 Å². The van der Waals surface area contributed by atoms with Gasteiger partial charge in [0.15, 0.2) is 11.5 Å². The average Bonchev–Trinajstić information content (AvgIpc) is 2.88. The van der Waals surface area contributed by atoms with Crippen molar-refractivity contribution >= 4 is 15.9 Å². The molecule has 2 heterocycles. The van der Waals surface area contributed by atoms with E-state index in [1.165, 1.54) is 13.1 Å². The highest BCUT2D eigenvalue weighted by atomic mass is 79.9. The van der Waals surface area contributed by atoms with Crippen LogP contribution in [0.5, 0.6) is 0 Å². The van der Waals surface area contributed by atoms with Gasteiger partial charge in [0, 0.05) is 11.9 Å². The largest absolute Gasteiger partial charge is 0.435 e. The van der Waals surface area contributed by atoms with E-state index in [1.54, 1.807) is 6.92 Å². The maximum Gasteiger partial charge on any atom is 0.435 e. The molecule has 0 saturated heterocycles. The molecule has 4 nitrogen and oxygen atoms in total. The maximum atomic E-state index is 12.6. The van der Waals surface area contributed by atoms with Gasteiger partial charge in [-0.15, -0.1) is 0 Å². The van der Waals surface area contributed by atoms with Gasteiger partial charge in [-0.2, -0.15) is 18.3 Å². The molecular weight excluding hydrogens is 361 g/mol. The van der Waals surface area contributed by atoms with Crippen molar-refractivity contribution in [2.24, 2.45) is 0 Å². The predicted molar refractivity (Wildman–Crippen MR) is 84.0 cm³/mol. The molecule has 2 aromatic heterocycles. The second-order valence-corrected chi connectivity index (χ2v) is 4.52.